The van der Waals surface area contributed by atoms with Gasteiger partial charge in [0.2, 0.25) is 0 Å². The fraction of sp³-hybridized carbons (Fsp3) is 0.400. The number of benzene rings is 1. The summed E-state index contributed by atoms with van der Waals surface area (Å²) in [5.41, 5.74) is 5.23. The molecule has 0 radical (unpaired) electrons. The zero-order valence-electron chi connectivity index (χ0n) is 15.8. The molecule has 2 heterocycles. The summed E-state index contributed by atoms with van der Waals surface area (Å²) >= 11 is 5.81. The summed E-state index contributed by atoms with van der Waals surface area (Å²) < 4.78 is 0. The Kier molecular flexibility index (Phi) is 8.63. The molecule has 3 rings (SSSR count). The zero-order chi connectivity index (χ0) is 18.4. The van der Waals surface area contributed by atoms with Crippen LogP contribution in [-0.2, 0) is 19.4 Å². The van der Waals surface area contributed by atoms with Gasteiger partial charge in [-0.3, -0.25) is 4.99 Å². The predicted octanol–water partition coefficient (Wildman–Crippen LogP) is 3.64. The minimum absolute atomic E-state index is 0. The number of halogens is 2. The lowest BCUT2D eigenvalue weighted by Gasteiger charge is -2.28. The number of aryl methyl sites for hydroxylation is 1. The number of anilines is 1. The molecule has 7 heteroatoms. The average Bonchev–Trinajstić information content (AvgIpc) is 2.66. The lowest BCUT2D eigenvalue weighted by molar-refractivity contribution is 0.740. The molecule has 146 valence electrons. The van der Waals surface area contributed by atoms with Crippen molar-refractivity contribution < 1.29 is 0 Å². The molecule has 0 unspecified atom stereocenters. The van der Waals surface area contributed by atoms with E-state index >= 15 is 0 Å². The molecule has 5 nitrogen and oxygen atoms in total. The number of aromatic nitrogens is 1. The van der Waals surface area contributed by atoms with Gasteiger partial charge in [0.15, 0.2) is 5.96 Å². The maximum atomic E-state index is 5.81. The van der Waals surface area contributed by atoms with Crippen molar-refractivity contribution in [3.63, 3.8) is 0 Å². The monoisotopic (exact) mass is 499 g/mol. The molecule has 0 aliphatic carbocycles. The third-order valence-electron chi connectivity index (χ3n) is 4.67. The Hall–Kier alpha value is -1.54. The first-order valence-electron chi connectivity index (χ1n) is 9.03. The van der Waals surface area contributed by atoms with E-state index in [4.69, 9.17) is 11.6 Å². The molecule has 1 aliphatic rings. The van der Waals surface area contributed by atoms with Crippen LogP contribution in [-0.4, -0.2) is 38.1 Å². The van der Waals surface area contributed by atoms with Crippen LogP contribution in [0.1, 0.15) is 23.1 Å². The maximum absolute atomic E-state index is 5.81. The molecule has 0 saturated heterocycles. The van der Waals surface area contributed by atoms with Crippen molar-refractivity contribution in [2.45, 2.75) is 25.8 Å². The molecular formula is C20H27ClIN5. The fourth-order valence-corrected chi connectivity index (χ4v) is 3.35. The van der Waals surface area contributed by atoms with Crippen molar-refractivity contribution in [2.75, 3.05) is 32.1 Å². The molecule has 0 amide bonds. The number of hydrogen-bond acceptors (Lipinski definition) is 3. The highest BCUT2D eigenvalue weighted by Crippen LogP contribution is 2.26. The van der Waals surface area contributed by atoms with Crippen molar-refractivity contribution in [3.05, 3.63) is 58.4 Å². The van der Waals surface area contributed by atoms with Crippen LogP contribution in [0, 0.1) is 0 Å². The largest absolute Gasteiger partial charge is 0.374 e. The van der Waals surface area contributed by atoms with E-state index in [1.54, 1.807) is 7.05 Å². The SMILES string of the molecule is CN=C(NCCc1ccc(Cl)nc1)NCc1ccc2c(c1)CCCN2C.I. The number of rotatable bonds is 5. The Bertz CT molecular complexity index is 763. The summed E-state index contributed by atoms with van der Waals surface area (Å²) in [6.07, 6.45) is 5.07. The molecule has 0 saturated carbocycles. The van der Waals surface area contributed by atoms with Crippen LogP contribution in [0.2, 0.25) is 5.15 Å². The van der Waals surface area contributed by atoms with E-state index in [1.165, 1.54) is 23.2 Å². The number of nitrogens with one attached hydrogen (secondary N) is 2. The van der Waals surface area contributed by atoms with Crippen LogP contribution in [0.25, 0.3) is 0 Å². The minimum atomic E-state index is 0. The summed E-state index contributed by atoms with van der Waals surface area (Å²) in [5, 5.41) is 7.25. The summed E-state index contributed by atoms with van der Waals surface area (Å²) in [4.78, 5) is 10.7. The van der Waals surface area contributed by atoms with Crippen LogP contribution in [0.3, 0.4) is 0 Å². The van der Waals surface area contributed by atoms with Gasteiger partial charge in [0.1, 0.15) is 5.15 Å². The topological polar surface area (TPSA) is 52.6 Å². The Morgan fingerprint density at radius 3 is 2.78 bits per heavy atom. The van der Waals surface area contributed by atoms with Crippen LogP contribution < -0.4 is 15.5 Å². The van der Waals surface area contributed by atoms with Gasteiger partial charge >= 0.3 is 0 Å². The van der Waals surface area contributed by atoms with Gasteiger partial charge in [-0.15, -0.1) is 24.0 Å². The van der Waals surface area contributed by atoms with Crippen molar-refractivity contribution >= 4 is 47.2 Å². The van der Waals surface area contributed by atoms with E-state index in [9.17, 15) is 0 Å². The van der Waals surface area contributed by atoms with E-state index in [0.29, 0.717) is 5.15 Å². The molecule has 0 fully saturated rings. The minimum Gasteiger partial charge on any atom is -0.374 e. The first-order chi connectivity index (χ1) is 12.7. The molecule has 0 bridgehead atoms. The van der Waals surface area contributed by atoms with E-state index < -0.39 is 0 Å². The smallest absolute Gasteiger partial charge is 0.191 e. The molecule has 0 spiro atoms. The fourth-order valence-electron chi connectivity index (χ4n) is 3.23. The summed E-state index contributed by atoms with van der Waals surface area (Å²) in [6, 6.07) is 10.6. The second-order valence-corrected chi connectivity index (χ2v) is 6.97. The van der Waals surface area contributed by atoms with Crippen LogP contribution in [0.4, 0.5) is 5.69 Å². The summed E-state index contributed by atoms with van der Waals surface area (Å²) in [7, 11) is 3.96. The van der Waals surface area contributed by atoms with Crippen molar-refractivity contribution in [1.82, 2.24) is 15.6 Å². The average molecular weight is 500 g/mol. The van der Waals surface area contributed by atoms with Crippen LogP contribution >= 0.6 is 35.6 Å². The Balaban J connectivity index is 0.00000261. The van der Waals surface area contributed by atoms with E-state index in [-0.39, 0.29) is 24.0 Å². The normalized spacial score (nSPS) is 13.6. The molecule has 2 aromatic rings. The molecule has 1 aliphatic heterocycles. The van der Waals surface area contributed by atoms with Crippen molar-refractivity contribution in [2.24, 2.45) is 4.99 Å². The Morgan fingerprint density at radius 2 is 2.04 bits per heavy atom. The highest BCUT2D eigenvalue weighted by Gasteiger charge is 2.13. The van der Waals surface area contributed by atoms with Gasteiger partial charge in [-0.2, -0.15) is 0 Å². The van der Waals surface area contributed by atoms with Gasteiger partial charge in [-0.1, -0.05) is 29.8 Å². The van der Waals surface area contributed by atoms with Crippen LogP contribution in [0.15, 0.2) is 41.5 Å². The van der Waals surface area contributed by atoms with Crippen LogP contribution in [0.5, 0.6) is 0 Å². The van der Waals surface area contributed by atoms with Crippen molar-refractivity contribution in [1.29, 1.82) is 0 Å². The van der Waals surface area contributed by atoms with E-state index in [1.807, 2.05) is 18.3 Å². The number of nitrogens with zero attached hydrogens (tertiary/aromatic N) is 3. The number of pyridine rings is 1. The molecular weight excluding hydrogens is 473 g/mol. The molecule has 1 aromatic carbocycles. The zero-order valence-corrected chi connectivity index (χ0v) is 18.9. The maximum Gasteiger partial charge on any atom is 0.191 e. The first kappa shape index (κ1) is 21.8. The highest BCUT2D eigenvalue weighted by molar-refractivity contribution is 14.0. The lowest BCUT2D eigenvalue weighted by Crippen LogP contribution is -2.37. The lowest BCUT2D eigenvalue weighted by atomic mass is 9.99. The predicted molar refractivity (Wildman–Crippen MR) is 125 cm³/mol. The standard InChI is InChI=1S/C20H26ClN5.HI/c1-22-20(23-10-9-15-6-8-19(21)24-13-15)25-14-16-5-7-18-17(12-16)4-3-11-26(18)2;/h5-8,12-13H,3-4,9-11,14H2,1-2H3,(H2,22,23,25);1H. The van der Waals surface area contributed by atoms with Crippen molar-refractivity contribution in [3.8, 4) is 0 Å². The summed E-state index contributed by atoms with van der Waals surface area (Å²) in [6.45, 7) is 2.70. The third kappa shape index (κ3) is 6.24. The number of aliphatic imine (C=N–C) groups is 1. The van der Waals surface area contributed by atoms with Gasteiger partial charge < -0.3 is 15.5 Å². The Labute approximate surface area is 183 Å². The van der Waals surface area contributed by atoms with E-state index in [0.717, 1.165) is 44.0 Å². The number of fused-ring (bicyclic) bond motifs is 1. The van der Waals surface area contributed by atoms with Gasteiger partial charge in [0, 0.05) is 45.6 Å². The first-order valence-corrected chi connectivity index (χ1v) is 9.41. The molecule has 2 N–H and O–H groups in total. The molecule has 1 aromatic heterocycles. The van der Waals surface area contributed by atoms with Gasteiger partial charge in [0.25, 0.3) is 0 Å². The molecule has 27 heavy (non-hydrogen) atoms. The Morgan fingerprint density at radius 1 is 1.22 bits per heavy atom. The van der Waals surface area contributed by atoms with Gasteiger partial charge in [-0.05, 0) is 48.1 Å². The van der Waals surface area contributed by atoms with E-state index in [2.05, 4.69) is 50.8 Å². The second-order valence-electron chi connectivity index (χ2n) is 6.58. The van der Waals surface area contributed by atoms with Gasteiger partial charge in [0.05, 0.1) is 0 Å². The van der Waals surface area contributed by atoms with Gasteiger partial charge in [-0.25, -0.2) is 4.98 Å². The third-order valence-corrected chi connectivity index (χ3v) is 4.90. The quantitative estimate of drug-likeness (QED) is 0.285. The number of guanidine groups is 1. The molecule has 0 atom stereocenters. The number of hydrogen-bond donors (Lipinski definition) is 2. The summed E-state index contributed by atoms with van der Waals surface area (Å²) in [5.74, 6) is 0.807. The second kappa shape index (κ2) is 10.7. The highest BCUT2D eigenvalue weighted by atomic mass is 127.